The van der Waals surface area contributed by atoms with Crippen molar-refractivity contribution in [2.24, 2.45) is 0 Å². The van der Waals surface area contributed by atoms with Gasteiger partial charge in [-0.05, 0) is 77.9 Å². The van der Waals surface area contributed by atoms with Gasteiger partial charge < -0.3 is 25.9 Å². The van der Waals surface area contributed by atoms with Crippen molar-refractivity contribution >= 4 is 43.0 Å². The standard InChI is InChI=1S/C16H44O6Si5/c1-17-14-15-18-13-12-16-27(11,22-25(6,7)8)20-23(2)19-26(9,10)21-24(3,4)5/h23H,12-16H2,1-11H3. The third-order valence-electron chi connectivity index (χ3n) is 3.29. The van der Waals surface area contributed by atoms with Gasteiger partial charge in [0.25, 0.3) is 0 Å². The Morgan fingerprint density at radius 3 is 1.74 bits per heavy atom. The van der Waals surface area contributed by atoms with E-state index < -0.39 is 43.0 Å². The van der Waals surface area contributed by atoms with E-state index in [1.807, 2.05) is 0 Å². The Kier molecular flexibility index (Phi) is 12.3. The summed E-state index contributed by atoms with van der Waals surface area (Å²) in [5.74, 6) is 0. The summed E-state index contributed by atoms with van der Waals surface area (Å²) in [7, 11) is -7.98. The average Bonchev–Trinajstić information content (AvgIpc) is 2.36. The molecule has 27 heavy (non-hydrogen) atoms. The van der Waals surface area contributed by atoms with Crippen molar-refractivity contribution in [2.75, 3.05) is 26.9 Å². The number of rotatable bonds is 15. The molecule has 0 amide bonds. The summed E-state index contributed by atoms with van der Waals surface area (Å²) in [5, 5.41) is 0. The first-order valence-electron chi connectivity index (χ1n) is 9.90. The van der Waals surface area contributed by atoms with Gasteiger partial charge in [-0.3, -0.25) is 0 Å². The Morgan fingerprint density at radius 2 is 1.26 bits per heavy atom. The van der Waals surface area contributed by atoms with E-state index in [9.17, 15) is 0 Å². The monoisotopic (exact) mass is 472 g/mol. The van der Waals surface area contributed by atoms with Crippen LogP contribution in [0.1, 0.15) is 6.42 Å². The molecule has 0 fully saturated rings. The highest BCUT2D eigenvalue weighted by Gasteiger charge is 2.40. The van der Waals surface area contributed by atoms with Gasteiger partial charge in [0.1, 0.15) is 0 Å². The third kappa shape index (κ3) is 16.3. The summed E-state index contributed by atoms with van der Waals surface area (Å²) in [5.41, 5.74) is 0. The van der Waals surface area contributed by atoms with E-state index in [0.717, 1.165) is 12.5 Å². The molecule has 2 atom stereocenters. The van der Waals surface area contributed by atoms with E-state index in [1.165, 1.54) is 0 Å². The van der Waals surface area contributed by atoms with Crippen molar-refractivity contribution in [1.82, 2.24) is 0 Å². The molecule has 0 radical (unpaired) electrons. The lowest BCUT2D eigenvalue weighted by Gasteiger charge is -2.38. The molecule has 0 rings (SSSR count). The molecule has 0 aliphatic carbocycles. The number of methoxy groups -OCH3 is 1. The highest BCUT2D eigenvalue weighted by Crippen LogP contribution is 2.24. The zero-order valence-corrected chi connectivity index (χ0v) is 24.7. The maximum Gasteiger partial charge on any atom is 0.315 e. The van der Waals surface area contributed by atoms with Crippen LogP contribution in [0.25, 0.3) is 0 Å². The second-order valence-electron chi connectivity index (χ2n) is 9.47. The summed E-state index contributed by atoms with van der Waals surface area (Å²) in [6.07, 6.45) is 0.935. The predicted octanol–water partition coefficient (Wildman–Crippen LogP) is 4.40. The van der Waals surface area contributed by atoms with Crippen LogP contribution in [0.4, 0.5) is 0 Å². The summed E-state index contributed by atoms with van der Waals surface area (Å²) in [6, 6.07) is 0.918. The van der Waals surface area contributed by atoms with E-state index in [1.54, 1.807) is 7.11 Å². The Balaban J connectivity index is 4.78. The molecule has 0 bridgehead atoms. The minimum atomic E-state index is -2.31. The molecule has 0 saturated heterocycles. The van der Waals surface area contributed by atoms with Crippen molar-refractivity contribution in [2.45, 2.75) is 77.9 Å². The topological polar surface area (TPSA) is 55.4 Å². The molecule has 0 aliphatic rings. The maximum absolute atomic E-state index is 6.55. The van der Waals surface area contributed by atoms with Crippen molar-refractivity contribution in [3.8, 4) is 0 Å². The molecule has 0 aliphatic heterocycles. The van der Waals surface area contributed by atoms with Crippen LogP contribution in [0.15, 0.2) is 0 Å². The third-order valence-corrected chi connectivity index (χ3v) is 20.1. The Bertz CT molecular complexity index is 413. The lowest BCUT2D eigenvalue weighted by atomic mass is 10.5. The molecule has 0 aromatic rings. The lowest BCUT2D eigenvalue weighted by Crippen LogP contribution is -2.54. The molecule has 164 valence electrons. The maximum atomic E-state index is 6.55. The average molecular weight is 473 g/mol. The highest BCUT2D eigenvalue weighted by molar-refractivity contribution is 6.86. The minimum Gasteiger partial charge on any atom is -0.437 e. The fraction of sp³-hybridized carbons (Fsp3) is 1.00. The second-order valence-corrected chi connectivity index (χ2v) is 28.1. The number of hydrogen-bond donors (Lipinski definition) is 0. The smallest absolute Gasteiger partial charge is 0.315 e. The summed E-state index contributed by atoms with van der Waals surface area (Å²) in [4.78, 5) is 0. The van der Waals surface area contributed by atoms with Gasteiger partial charge in [-0.2, -0.15) is 0 Å². The molecular weight excluding hydrogens is 429 g/mol. The quantitative estimate of drug-likeness (QED) is 0.260. The Hall–Kier alpha value is 0.844. The van der Waals surface area contributed by atoms with E-state index in [-0.39, 0.29) is 0 Å². The van der Waals surface area contributed by atoms with Crippen LogP contribution in [-0.4, -0.2) is 70.0 Å². The fourth-order valence-electron chi connectivity index (χ4n) is 3.06. The summed E-state index contributed by atoms with van der Waals surface area (Å²) >= 11 is 0. The lowest BCUT2D eigenvalue weighted by molar-refractivity contribution is 0.0703. The first-order valence-corrected chi connectivity index (χ1v) is 24.2. The first-order chi connectivity index (χ1) is 12.1. The summed E-state index contributed by atoms with van der Waals surface area (Å²) < 4.78 is 36.4. The SMILES string of the molecule is COCCOCCC[Si](C)(O[SiH](C)O[Si](C)(C)O[Si](C)(C)C)O[Si](C)(C)C. The van der Waals surface area contributed by atoms with E-state index in [2.05, 4.69) is 65.5 Å². The van der Waals surface area contributed by atoms with Gasteiger partial charge in [-0.15, -0.1) is 0 Å². The zero-order valence-electron chi connectivity index (χ0n) is 19.6. The first kappa shape index (κ1) is 27.8. The van der Waals surface area contributed by atoms with Crippen LogP contribution < -0.4 is 0 Å². The fourth-order valence-corrected chi connectivity index (χ4v) is 23.7. The van der Waals surface area contributed by atoms with Crippen LogP contribution in [0.5, 0.6) is 0 Å². The molecule has 0 aromatic heterocycles. The molecule has 2 unspecified atom stereocenters. The molecule has 6 nitrogen and oxygen atoms in total. The van der Waals surface area contributed by atoms with Gasteiger partial charge in [-0.1, -0.05) is 0 Å². The molecule has 0 aromatic carbocycles. The van der Waals surface area contributed by atoms with Crippen molar-refractivity contribution in [3.05, 3.63) is 0 Å². The van der Waals surface area contributed by atoms with Crippen LogP contribution >= 0.6 is 0 Å². The molecule has 0 saturated carbocycles. The molecule has 11 heteroatoms. The van der Waals surface area contributed by atoms with E-state index >= 15 is 0 Å². The van der Waals surface area contributed by atoms with Gasteiger partial charge in [0, 0.05) is 13.7 Å². The summed E-state index contributed by atoms with van der Waals surface area (Å²) in [6.45, 7) is 23.8. The van der Waals surface area contributed by atoms with Crippen molar-refractivity contribution in [1.29, 1.82) is 0 Å². The zero-order chi connectivity index (χ0) is 21.4. The Morgan fingerprint density at radius 1 is 0.704 bits per heavy atom. The van der Waals surface area contributed by atoms with Crippen molar-refractivity contribution < 1.29 is 25.9 Å². The van der Waals surface area contributed by atoms with Crippen LogP contribution in [0, 0.1) is 0 Å². The predicted molar refractivity (Wildman–Crippen MR) is 125 cm³/mol. The van der Waals surface area contributed by atoms with Gasteiger partial charge in [0.05, 0.1) is 13.2 Å². The second kappa shape index (κ2) is 11.9. The number of hydrogen-bond acceptors (Lipinski definition) is 6. The molecule has 0 heterocycles. The molecule has 0 spiro atoms. The molecule has 0 N–H and O–H groups in total. The van der Waals surface area contributed by atoms with Crippen LogP contribution in [0.3, 0.4) is 0 Å². The number of ether oxygens (including phenoxy) is 2. The van der Waals surface area contributed by atoms with Gasteiger partial charge >= 0.3 is 26.4 Å². The van der Waals surface area contributed by atoms with Gasteiger partial charge in [0.2, 0.25) is 0 Å². The molecular formula is C16H44O6Si5. The van der Waals surface area contributed by atoms with E-state index in [4.69, 9.17) is 25.9 Å². The van der Waals surface area contributed by atoms with Crippen LogP contribution in [-0.2, 0) is 25.9 Å². The van der Waals surface area contributed by atoms with Crippen LogP contribution in [0.2, 0.25) is 71.5 Å². The normalized spacial score (nSPS) is 17.0. The van der Waals surface area contributed by atoms with E-state index in [0.29, 0.717) is 19.8 Å². The Labute approximate surface area is 173 Å². The largest absolute Gasteiger partial charge is 0.437 e. The highest BCUT2D eigenvalue weighted by atomic mass is 28.5. The van der Waals surface area contributed by atoms with Crippen molar-refractivity contribution in [3.63, 3.8) is 0 Å². The minimum absolute atomic E-state index is 0.630. The van der Waals surface area contributed by atoms with Gasteiger partial charge in [-0.25, -0.2) is 0 Å². The van der Waals surface area contributed by atoms with Gasteiger partial charge in [0.15, 0.2) is 16.6 Å².